The number of likely N-dealkylation sites (tertiary alicyclic amines) is 1. The van der Waals surface area contributed by atoms with Gasteiger partial charge in [-0.1, -0.05) is 36.7 Å². The minimum Gasteiger partial charge on any atom is -0.324 e. The highest BCUT2D eigenvalue weighted by Gasteiger charge is 2.31. The molecule has 1 aliphatic rings. The monoisotopic (exact) mass is 356 g/mol. The van der Waals surface area contributed by atoms with Gasteiger partial charge >= 0.3 is 6.03 Å². The van der Waals surface area contributed by atoms with Gasteiger partial charge in [-0.05, 0) is 55.2 Å². The van der Waals surface area contributed by atoms with Crippen LogP contribution in [-0.2, 0) is 0 Å². The Morgan fingerprint density at radius 3 is 2.40 bits per heavy atom. The highest BCUT2D eigenvalue weighted by Crippen LogP contribution is 2.23. The molecule has 130 valence electrons. The Kier molecular flexibility index (Phi) is 5.39. The van der Waals surface area contributed by atoms with Crippen LogP contribution in [-0.4, -0.2) is 29.9 Å². The summed E-state index contributed by atoms with van der Waals surface area (Å²) in [7, 11) is 0. The zero-order chi connectivity index (χ0) is 17.8. The molecule has 25 heavy (non-hydrogen) atoms. The number of carbonyl (C=O) groups excluding carboxylic acids is 2. The molecule has 0 saturated carbocycles. The molecule has 1 atom stereocenters. The molecule has 0 aliphatic carbocycles. The predicted octanol–water partition coefficient (Wildman–Crippen LogP) is 4.84. The smallest absolute Gasteiger partial charge is 0.324 e. The molecule has 1 heterocycles. The van der Waals surface area contributed by atoms with Gasteiger partial charge in [0.2, 0.25) is 0 Å². The van der Waals surface area contributed by atoms with E-state index in [0.717, 1.165) is 12.8 Å². The van der Waals surface area contributed by atoms with Gasteiger partial charge in [-0.15, -0.1) is 0 Å². The second-order valence-electron chi connectivity index (χ2n) is 6.46. The third kappa shape index (κ3) is 4.02. The molecule has 0 spiro atoms. The lowest BCUT2D eigenvalue weighted by atomic mass is 10.0. The van der Waals surface area contributed by atoms with E-state index in [1.54, 1.807) is 41.3 Å². The largest absolute Gasteiger partial charge is 0.331 e. The molecule has 1 aliphatic heterocycles. The summed E-state index contributed by atoms with van der Waals surface area (Å²) in [5, 5.41) is 0.555. The van der Waals surface area contributed by atoms with Crippen LogP contribution >= 0.6 is 11.6 Å². The van der Waals surface area contributed by atoms with Crippen LogP contribution in [0.3, 0.4) is 0 Å². The van der Waals surface area contributed by atoms with Gasteiger partial charge < -0.3 is 4.90 Å². The van der Waals surface area contributed by atoms with Crippen molar-refractivity contribution >= 4 is 29.2 Å². The van der Waals surface area contributed by atoms with Crippen molar-refractivity contribution in [1.29, 1.82) is 0 Å². The lowest BCUT2D eigenvalue weighted by Gasteiger charge is -2.34. The number of halogens is 1. The number of hydrogen-bond acceptors (Lipinski definition) is 2. The molecule has 1 fully saturated rings. The molecule has 1 unspecified atom stereocenters. The van der Waals surface area contributed by atoms with Crippen molar-refractivity contribution in [2.24, 2.45) is 5.92 Å². The van der Waals surface area contributed by atoms with E-state index in [9.17, 15) is 9.59 Å². The van der Waals surface area contributed by atoms with Gasteiger partial charge in [0.25, 0.3) is 5.91 Å². The molecule has 0 bridgehead atoms. The van der Waals surface area contributed by atoms with E-state index < -0.39 is 0 Å². The van der Waals surface area contributed by atoms with Gasteiger partial charge in [0.05, 0.1) is 5.69 Å². The molecular weight excluding hydrogens is 336 g/mol. The average Bonchev–Trinajstić information content (AvgIpc) is 2.63. The standard InChI is InChI=1S/C20H21ClN2O2/c1-15-6-5-13-22(14-15)20(25)23(18-7-3-2-4-8-18)19(24)16-9-11-17(21)12-10-16/h2-4,7-12,15H,5-6,13-14H2,1H3. The Morgan fingerprint density at radius 2 is 1.76 bits per heavy atom. The normalized spacial score (nSPS) is 17.2. The van der Waals surface area contributed by atoms with E-state index in [-0.39, 0.29) is 11.9 Å². The lowest BCUT2D eigenvalue weighted by Crippen LogP contribution is -2.49. The summed E-state index contributed by atoms with van der Waals surface area (Å²) in [6.45, 7) is 3.49. The van der Waals surface area contributed by atoms with E-state index in [1.165, 1.54) is 4.90 Å². The molecule has 3 amide bonds. The number of hydrogen-bond donors (Lipinski definition) is 0. The Bertz CT molecular complexity index is 746. The SMILES string of the molecule is CC1CCCN(C(=O)N(C(=O)c2ccc(Cl)cc2)c2ccccc2)C1. The summed E-state index contributed by atoms with van der Waals surface area (Å²) in [4.78, 5) is 29.2. The number of nitrogens with zero attached hydrogens (tertiary/aromatic N) is 2. The Balaban J connectivity index is 1.93. The van der Waals surface area contributed by atoms with Crippen LogP contribution in [0.5, 0.6) is 0 Å². The van der Waals surface area contributed by atoms with Crippen LogP contribution in [0.4, 0.5) is 10.5 Å². The molecule has 0 N–H and O–H groups in total. The molecule has 1 saturated heterocycles. The van der Waals surface area contributed by atoms with Crippen molar-refractivity contribution in [2.75, 3.05) is 18.0 Å². The number of rotatable bonds is 2. The number of imide groups is 1. The molecule has 2 aromatic rings. The topological polar surface area (TPSA) is 40.6 Å². The van der Waals surface area contributed by atoms with E-state index >= 15 is 0 Å². The number of anilines is 1. The van der Waals surface area contributed by atoms with Crippen molar-refractivity contribution in [1.82, 2.24) is 4.90 Å². The van der Waals surface area contributed by atoms with E-state index in [4.69, 9.17) is 11.6 Å². The molecule has 3 rings (SSSR count). The van der Waals surface area contributed by atoms with E-state index in [1.807, 2.05) is 18.2 Å². The molecule has 4 nitrogen and oxygen atoms in total. The number of para-hydroxylation sites is 1. The first kappa shape index (κ1) is 17.5. The second-order valence-corrected chi connectivity index (χ2v) is 6.90. The molecule has 2 aromatic carbocycles. The van der Waals surface area contributed by atoms with Crippen LogP contribution in [0.1, 0.15) is 30.1 Å². The third-order valence-electron chi connectivity index (χ3n) is 4.43. The quantitative estimate of drug-likeness (QED) is 0.772. The van der Waals surface area contributed by atoms with Gasteiger partial charge in [-0.25, -0.2) is 9.69 Å². The first-order valence-electron chi connectivity index (χ1n) is 8.50. The fraction of sp³-hybridized carbons (Fsp3) is 0.300. The summed E-state index contributed by atoms with van der Waals surface area (Å²) < 4.78 is 0. The maximum atomic E-state index is 13.1. The van der Waals surface area contributed by atoms with Gasteiger partial charge in [-0.3, -0.25) is 4.79 Å². The summed E-state index contributed by atoms with van der Waals surface area (Å²) in [5.74, 6) is 0.104. The number of benzene rings is 2. The Hall–Kier alpha value is -2.33. The minimum atomic E-state index is -0.342. The van der Waals surface area contributed by atoms with E-state index in [0.29, 0.717) is 35.3 Å². The second kappa shape index (κ2) is 7.70. The molecular formula is C20H21ClN2O2. The molecule has 0 radical (unpaired) electrons. The van der Waals surface area contributed by atoms with Gasteiger partial charge in [-0.2, -0.15) is 0 Å². The van der Waals surface area contributed by atoms with Crippen LogP contribution in [0.2, 0.25) is 5.02 Å². The number of piperidine rings is 1. The minimum absolute atomic E-state index is 0.266. The van der Waals surface area contributed by atoms with Crippen molar-refractivity contribution in [2.45, 2.75) is 19.8 Å². The van der Waals surface area contributed by atoms with Gasteiger partial charge in [0.15, 0.2) is 0 Å². The van der Waals surface area contributed by atoms with Crippen LogP contribution in [0.25, 0.3) is 0 Å². The fourth-order valence-corrected chi connectivity index (χ4v) is 3.24. The van der Waals surface area contributed by atoms with Gasteiger partial charge in [0, 0.05) is 23.7 Å². The van der Waals surface area contributed by atoms with Crippen molar-refractivity contribution in [3.63, 3.8) is 0 Å². The summed E-state index contributed by atoms with van der Waals surface area (Å²) in [6, 6.07) is 15.4. The maximum absolute atomic E-state index is 13.1. The summed E-state index contributed by atoms with van der Waals surface area (Å²) in [6.07, 6.45) is 2.07. The lowest BCUT2D eigenvalue weighted by molar-refractivity contribution is 0.0980. The molecule has 5 heteroatoms. The van der Waals surface area contributed by atoms with Gasteiger partial charge in [0.1, 0.15) is 0 Å². The zero-order valence-corrected chi connectivity index (χ0v) is 14.9. The number of amides is 3. The Labute approximate surface area is 153 Å². The van der Waals surface area contributed by atoms with Crippen molar-refractivity contribution in [3.05, 3.63) is 65.2 Å². The van der Waals surface area contributed by atoms with Crippen molar-refractivity contribution < 1.29 is 9.59 Å². The Morgan fingerprint density at radius 1 is 1.08 bits per heavy atom. The first-order chi connectivity index (χ1) is 12.1. The average molecular weight is 357 g/mol. The van der Waals surface area contributed by atoms with Crippen LogP contribution in [0, 0.1) is 5.92 Å². The fourth-order valence-electron chi connectivity index (χ4n) is 3.12. The summed E-state index contributed by atoms with van der Waals surface area (Å²) >= 11 is 5.91. The number of urea groups is 1. The number of carbonyl (C=O) groups is 2. The highest BCUT2D eigenvalue weighted by molar-refractivity contribution is 6.30. The highest BCUT2D eigenvalue weighted by atomic mass is 35.5. The van der Waals surface area contributed by atoms with Crippen LogP contribution < -0.4 is 4.90 Å². The zero-order valence-electron chi connectivity index (χ0n) is 14.2. The van der Waals surface area contributed by atoms with Crippen molar-refractivity contribution in [3.8, 4) is 0 Å². The predicted molar refractivity (Wildman–Crippen MR) is 100 cm³/mol. The van der Waals surface area contributed by atoms with E-state index in [2.05, 4.69) is 6.92 Å². The third-order valence-corrected chi connectivity index (χ3v) is 4.68. The maximum Gasteiger partial charge on any atom is 0.331 e. The summed E-state index contributed by atoms with van der Waals surface area (Å²) in [5.41, 5.74) is 1.01. The molecule has 0 aromatic heterocycles. The first-order valence-corrected chi connectivity index (χ1v) is 8.88. The van der Waals surface area contributed by atoms with Crippen LogP contribution in [0.15, 0.2) is 54.6 Å².